The highest BCUT2D eigenvalue weighted by atomic mass is 15.0. The number of hydrogen-bond acceptors (Lipinski definition) is 1. The van der Waals surface area contributed by atoms with Crippen LogP contribution in [0.25, 0.3) is 0 Å². The molecule has 76 valence electrons. The average Bonchev–Trinajstić information content (AvgIpc) is 2.44. The Morgan fingerprint density at radius 3 is 2.00 bits per heavy atom. The minimum atomic E-state index is 0.558. The number of piperidine rings is 1. The van der Waals surface area contributed by atoms with E-state index in [1.807, 2.05) is 0 Å². The van der Waals surface area contributed by atoms with Crippen LogP contribution in [0.4, 0.5) is 0 Å². The lowest BCUT2D eigenvalue weighted by atomic mass is 9.96. The van der Waals surface area contributed by atoms with E-state index in [-0.39, 0.29) is 0 Å². The fourth-order valence-electron chi connectivity index (χ4n) is 3.42. The van der Waals surface area contributed by atoms with Crippen molar-refractivity contribution in [1.82, 2.24) is 5.32 Å². The molecule has 0 radical (unpaired) electrons. The summed E-state index contributed by atoms with van der Waals surface area (Å²) in [6.45, 7) is 10.9. The summed E-state index contributed by atoms with van der Waals surface area (Å²) in [6.07, 6.45) is 4.21. The third-order valence-electron chi connectivity index (χ3n) is 4.88. The van der Waals surface area contributed by atoms with Crippen molar-refractivity contribution in [2.45, 2.75) is 53.0 Å². The third kappa shape index (κ3) is 1.24. The summed E-state index contributed by atoms with van der Waals surface area (Å²) in [4.78, 5) is 0. The Morgan fingerprint density at radius 1 is 1.00 bits per heavy atom. The lowest BCUT2D eigenvalue weighted by Gasteiger charge is -2.25. The van der Waals surface area contributed by atoms with Gasteiger partial charge in [-0.05, 0) is 36.1 Å². The molecule has 13 heavy (non-hydrogen) atoms. The summed E-state index contributed by atoms with van der Waals surface area (Å²) >= 11 is 0. The van der Waals surface area contributed by atoms with Crippen LogP contribution in [0.15, 0.2) is 0 Å². The molecule has 1 heterocycles. The normalized spacial score (nSPS) is 37.4. The van der Waals surface area contributed by atoms with Gasteiger partial charge in [0.25, 0.3) is 0 Å². The second-order valence-corrected chi connectivity index (χ2v) is 5.98. The Balaban J connectivity index is 2.03. The van der Waals surface area contributed by atoms with Gasteiger partial charge >= 0.3 is 0 Å². The van der Waals surface area contributed by atoms with Gasteiger partial charge in [-0.15, -0.1) is 0 Å². The maximum absolute atomic E-state index is 3.69. The highest BCUT2D eigenvalue weighted by Crippen LogP contribution is 2.70. The van der Waals surface area contributed by atoms with E-state index in [4.69, 9.17) is 0 Å². The molecule has 2 aliphatic rings. The lowest BCUT2D eigenvalue weighted by molar-refractivity contribution is 0.327. The van der Waals surface area contributed by atoms with Crippen LogP contribution in [0, 0.1) is 16.7 Å². The molecule has 1 aliphatic carbocycles. The number of rotatable bonds is 1. The van der Waals surface area contributed by atoms with E-state index in [2.05, 4.69) is 33.0 Å². The molecule has 0 aromatic carbocycles. The maximum Gasteiger partial charge on any atom is 0.0106 e. The molecule has 0 spiro atoms. The highest BCUT2D eigenvalue weighted by Gasteiger charge is 2.66. The topological polar surface area (TPSA) is 12.0 Å². The summed E-state index contributed by atoms with van der Waals surface area (Å²) in [5.41, 5.74) is 1.12. The van der Waals surface area contributed by atoms with Crippen molar-refractivity contribution in [2.24, 2.45) is 16.7 Å². The first kappa shape index (κ1) is 9.51. The molecular weight excluding hydrogens is 158 g/mol. The van der Waals surface area contributed by atoms with Crippen LogP contribution in [0.3, 0.4) is 0 Å². The fourth-order valence-corrected chi connectivity index (χ4v) is 3.42. The van der Waals surface area contributed by atoms with Crippen molar-refractivity contribution in [1.29, 1.82) is 0 Å². The smallest absolute Gasteiger partial charge is 0.0106 e. The maximum atomic E-state index is 3.69. The van der Waals surface area contributed by atoms with E-state index in [1.54, 1.807) is 0 Å². The Bertz CT molecular complexity index is 185. The first-order chi connectivity index (χ1) is 5.98. The summed E-state index contributed by atoms with van der Waals surface area (Å²) in [5, 5.41) is 3.69. The predicted molar refractivity (Wildman–Crippen MR) is 56.7 cm³/mol. The molecule has 1 unspecified atom stereocenters. The van der Waals surface area contributed by atoms with Crippen LogP contribution in [0.1, 0.15) is 47.0 Å². The second kappa shape index (κ2) is 2.73. The Hall–Kier alpha value is -0.0400. The molecular formula is C12H23N. The molecule has 0 amide bonds. The zero-order valence-corrected chi connectivity index (χ0v) is 9.48. The molecule has 2 rings (SSSR count). The van der Waals surface area contributed by atoms with E-state index in [9.17, 15) is 0 Å². The fraction of sp³-hybridized carbons (Fsp3) is 1.00. The molecule has 1 atom stereocenters. The van der Waals surface area contributed by atoms with Gasteiger partial charge in [-0.3, -0.25) is 0 Å². The van der Waals surface area contributed by atoms with Crippen molar-refractivity contribution in [3.63, 3.8) is 0 Å². The van der Waals surface area contributed by atoms with Crippen molar-refractivity contribution >= 4 is 0 Å². The molecule has 1 aliphatic heterocycles. The van der Waals surface area contributed by atoms with Gasteiger partial charge in [0.2, 0.25) is 0 Å². The Kier molecular flexibility index (Phi) is 1.99. The zero-order valence-electron chi connectivity index (χ0n) is 9.48. The molecule has 1 saturated carbocycles. The lowest BCUT2D eigenvalue weighted by Crippen LogP contribution is -2.37. The summed E-state index contributed by atoms with van der Waals surface area (Å²) in [5.74, 6) is 0.903. The van der Waals surface area contributed by atoms with E-state index in [0.717, 1.165) is 12.0 Å². The van der Waals surface area contributed by atoms with Gasteiger partial charge in [0, 0.05) is 6.04 Å². The van der Waals surface area contributed by atoms with Crippen molar-refractivity contribution < 1.29 is 0 Å². The Morgan fingerprint density at radius 2 is 1.62 bits per heavy atom. The summed E-state index contributed by atoms with van der Waals surface area (Å²) in [7, 11) is 0. The third-order valence-corrected chi connectivity index (χ3v) is 4.88. The van der Waals surface area contributed by atoms with Crippen LogP contribution < -0.4 is 5.32 Å². The van der Waals surface area contributed by atoms with Crippen LogP contribution >= 0.6 is 0 Å². The molecule has 1 heteroatoms. The first-order valence-electron chi connectivity index (χ1n) is 5.71. The summed E-state index contributed by atoms with van der Waals surface area (Å²) < 4.78 is 0. The van der Waals surface area contributed by atoms with Crippen molar-refractivity contribution in [2.75, 3.05) is 6.54 Å². The molecule has 0 aromatic rings. The van der Waals surface area contributed by atoms with Gasteiger partial charge in [-0.2, -0.15) is 0 Å². The van der Waals surface area contributed by atoms with Crippen molar-refractivity contribution in [3.05, 3.63) is 0 Å². The zero-order chi connectivity index (χ0) is 9.69. The first-order valence-corrected chi connectivity index (χ1v) is 5.71. The van der Waals surface area contributed by atoms with Crippen molar-refractivity contribution in [3.8, 4) is 0 Å². The predicted octanol–water partition coefficient (Wildman–Crippen LogP) is 2.81. The van der Waals surface area contributed by atoms with Crippen LogP contribution in [-0.4, -0.2) is 12.6 Å². The monoisotopic (exact) mass is 181 g/mol. The van der Waals surface area contributed by atoms with E-state index in [1.165, 1.54) is 25.8 Å². The largest absolute Gasteiger partial charge is 0.314 e. The van der Waals surface area contributed by atoms with Crippen LogP contribution in [-0.2, 0) is 0 Å². The minimum Gasteiger partial charge on any atom is -0.314 e. The van der Waals surface area contributed by atoms with Gasteiger partial charge < -0.3 is 5.32 Å². The van der Waals surface area contributed by atoms with Gasteiger partial charge in [0.1, 0.15) is 0 Å². The van der Waals surface area contributed by atoms with E-state index in [0.29, 0.717) is 10.8 Å². The van der Waals surface area contributed by atoms with Crippen LogP contribution in [0.5, 0.6) is 0 Å². The van der Waals surface area contributed by atoms with Gasteiger partial charge in [-0.25, -0.2) is 0 Å². The van der Waals surface area contributed by atoms with Crippen LogP contribution in [0.2, 0.25) is 0 Å². The van der Waals surface area contributed by atoms with Gasteiger partial charge in [0.05, 0.1) is 0 Å². The van der Waals surface area contributed by atoms with E-state index >= 15 is 0 Å². The molecule has 1 saturated heterocycles. The number of nitrogens with one attached hydrogen (secondary N) is 1. The molecule has 1 nitrogen and oxygen atoms in total. The minimum absolute atomic E-state index is 0.558. The quantitative estimate of drug-likeness (QED) is 0.656. The molecule has 2 fully saturated rings. The SMILES string of the molecule is CC1(C)C(C2CCCCN2)C1(C)C. The molecule has 0 aromatic heterocycles. The standard InChI is InChI=1S/C12H23N/c1-11(2)10(12(11,3)4)9-7-5-6-8-13-9/h9-10,13H,5-8H2,1-4H3. The number of hydrogen-bond donors (Lipinski definition) is 1. The molecule has 0 bridgehead atoms. The molecule has 1 N–H and O–H groups in total. The average molecular weight is 181 g/mol. The highest BCUT2D eigenvalue weighted by molar-refractivity contribution is 5.16. The summed E-state index contributed by atoms with van der Waals surface area (Å²) in [6, 6.07) is 0.804. The van der Waals surface area contributed by atoms with Gasteiger partial charge in [0.15, 0.2) is 0 Å². The Labute approximate surface area is 82.3 Å². The van der Waals surface area contributed by atoms with Gasteiger partial charge in [-0.1, -0.05) is 34.1 Å². The van der Waals surface area contributed by atoms with E-state index < -0.39 is 0 Å². The second-order valence-electron chi connectivity index (χ2n) is 5.98.